The van der Waals surface area contributed by atoms with Gasteiger partial charge in [0.05, 0.1) is 5.69 Å². The standard InChI is InChI=1S/C17H13BN2O4.C2H6/c18-15(22)9-4-5-11-14-8(9)2-1-3-10(14)17(24)20(11)12-6-7-13(21)19-16(12)23;1-2/h1-5,12,15,22H,6-7H2,(H,19,21,23);1-2H3. The number of imide groups is 1. The molecule has 2 atom stereocenters. The van der Waals surface area contributed by atoms with E-state index in [-0.39, 0.29) is 24.7 Å². The number of rotatable bonds is 2. The molecular formula is C19H19BN2O4. The summed E-state index contributed by atoms with van der Waals surface area (Å²) >= 11 is 0. The van der Waals surface area contributed by atoms with E-state index in [1.165, 1.54) is 4.90 Å². The Bertz CT molecular complexity index is 910. The van der Waals surface area contributed by atoms with Crippen LogP contribution < -0.4 is 10.2 Å². The van der Waals surface area contributed by atoms with Crippen molar-refractivity contribution in [3.63, 3.8) is 0 Å². The molecule has 2 aliphatic heterocycles. The lowest BCUT2D eigenvalue weighted by Gasteiger charge is -2.30. The fraction of sp³-hybridized carbons (Fsp3) is 0.316. The number of nitrogens with one attached hydrogen (secondary N) is 1. The van der Waals surface area contributed by atoms with Crippen LogP contribution in [0.1, 0.15) is 48.6 Å². The van der Waals surface area contributed by atoms with E-state index in [4.69, 9.17) is 7.85 Å². The minimum atomic E-state index is -1.16. The molecule has 2 radical (unpaired) electrons. The Labute approximate surface area is 152 Å². The summed E-state index contributed by atoms with van der Waals surface area (Å²) in [6, 6.07) is 6.66. The molecule has 1 fully saturated rings. The molecule has 0 aromatic heterocycles. The summed E-state index contributed by atoms with van der Waals surface area (Å²) in [6.07, 6.45) is 0.479. The summed E-state index contributed by atoms with van der Waals surface area (Å²) in [7, 11) is 5.61. The predicted octanol–water partition coefficient (Wildman–Crippen LogP) is 1.79. The van der Waals surface area contributed by atoms with Gasteiger partial charge in [-0.05, 0) is 29.5 Å². The smallest absolute Gasteiger partial charge is 0.259 e. The molecule has 2 N–H and O–H groups in total. The molecular weight excluding hydrogens is 331 g/mol. The van der Waals surface area contributed by atoms with Crippen LogP contribution in [0.4, 0.5) is 5.69 Å². The fourth-order valence-corrected chi connectivity index (χ4v) is 3.52. The van der Waals surface area contributed by atoms with Gasteiger partial charge in [-0.3, -0.25) is 24.6 Å². The summed E-state index contributed by atoms with van der Waals surface area (Å²) in [6.45, 7) is 4.00. The van der Waals surface area contributed by atoms with E-state index in [1.54, 1.807) is 30.3 Å². The van der Waals surface area contributed by atoms with E-state index in [9.17, 15) is 19.5 Å². The van der Waals surface area contributed by atoms with Gasteiger partial charge in [-0.15, -0.1) is 0 Å². The summed E-state index contributed by atoms with van der Waals surface area (Å²) in [5.74, 6) is -1.08. The minimum absolute atomic E-state index is 0.194. The average Bonchev–Trinajstić information content (AvgIpc) is 2.91. The van der Waals surface area contributed by atoms with Crippen LogP contribution in [-0.2, 0) is 9.59 Å². The predicted molar refractivity (Wildman–Crippen MR) is 99.0 cm³/mol. The van der Waals surface area contributed by atoms with Crippen molar-refractivity contribution in [2.75, 3.05) is 4.90 Å². The summed E-state index contributed by atoms with van der Waals surface area (Å²) in [4.78, 5) is 37.9. The number of aliphatic hydroxyl groups excluding tert-OH is 1. The van der Waals surface area contributed by atoms with Crippen molar-refractivity contribution in [1.82, 2.24) is 5.32 Å². The molecule has 2 unspecified atom stereocenters. The molecule has 2 aromatic rings. The lowest BCUT2D eigenvalue weighted by atomic mass is 9.88. The first-order valence-electron chi connectivity index (χ1n) is 8.65. The van der Waals surface area contributed by atoms with Crippen LogP contribution in [0.5, 0.6) is 0 Å². The van der Waals surface area contributed by atoms with Gasteiger partial charge < -0.3 is 5.11 Å². The zero-order valence-electron chi connectivity index (χ0n) is 14.7. The summed E-state index contributed by atoms with van der Waals surface area (Å²) in [5.41, 5.74) is 1.59. The molecule has 3 amide bonds. The number of piperidine rings is 1. The molecule has 0 bridgehead atoms. The van der Waals surface area contributed by atoms with Gasteiger partial charge in [-0.1, -0.05) is 32.0 Å². The van der Waals surface area contributed by atoms with Crippen molar-refractivity contribution in [3.8, 4) is 0 Å². The lowest BCUT2D eigenvalue weighted by Crippen LogP contribution is -2.53. The van der Waals surface area contributed by atoms with E-state index >= 15 is 0 Å². The molecule has 2 aromatic carbocycles. The number of anilines is 1. The Balaban J connectivity index is 0.000000948. The van der Waals surface area contributed by atoms with E-state index in [0.717, 1.165) is 0 Å². The molecule has 2 aliphatic rings. The number of carbonyl (C=O) groups excluding carboxylic acids is 3. The molecule has 0 saturated carbocycles. The van der Waals surface area contributed by atoms with E-state index in [0.29, 0.717) is 27.6 Å². The third-order valence-electron chi connectivity index (χ3n) is 4.60. The third kappa shape index (κ3) is 2.68. The molecule has 7 heteroatoms. The van der Waals surface area contributed by atoms with Crippen LogP contribution in [0.25, 0.3) is 10.8 Å². The first-order chi connectivity index (χ1) is 12.5. The molecule has 132 valence electrons. The van der Waals surface area contributed by atoms with Crippen molar-refractivity contribution in [3.05, 3.63) is 41.5 Å². The van der Waals surface area contributed by atoms with Crippen molar-refractivity contribution in [2.45, 2.75) is 38.7 Å². The molecule has 2 heterocycles. The van der Waals surface area contributed by atoms with Crippen LogP contribution in [0.15, 0.2) is 30.3 Å². The molecule has 6 nitrogen and oxygen atoms in total. The Kier molecular flexibility index (Phi) is 4.83. The first kappa shape index (κ1) is 18.1. The maximum absolute atomic E-state index is 12.9. The molecule has 0 spiro atoms. The second-order valence-corrected chi connectivity index (χ2v) is 5.99. The van der Waals surface area contributed by atoms with Crippen molar-refractivity contribution in [1.29, 1.82) is 0 Å². The normalized spacial score (nSPS) is 19.9. The second-order valence-electron chi connectivity index (χ2n) is 5.99. The van der Waals surface area contributed by atoms with Crippen LogP contribution in [-0.4, -0.2) is 36.7 Å². The van der Waals surface area contributed by atoms with Crippen molar-refractivity contribution >= 4 is 42.0 Å². The van der Waals surface area contributed by atoms with Crippen molar-refractivity contribution < 1.29 is 19.5 Å². The van der Waals surface area contributed by atoms with Gasteiger partial charge in [0.2, 0.25) is 11.8 Å². The van der Waals surface area contributed by atoms with Crippen LogP contribution in [0, 0.1) is 0 Å². The van der Waals surface area contributed by atoms with Gasteiger partial charge in [-0.2, -0.15) is 0 Å². The maximum atomic E-state index is 12.9. The highest BCUT2D eigenvalue weighted by Crippen LogP contribution is 2.41. The highest BCUT2D eigenvalue weighted by molar-refractivity contribution is 6.28. The average molecular weight is 350 g/mol. The number of aliphatic hydroxyl groups is 1. The SMILES string of the molecule is CC.[B]C(O)c1ccc2c3c(cccc13)C(=O)N2C1CCC(=O)NC1=O. The number of hydrogen-bond donors (Lipinski definition) is 2. The fourth-order valence-electron chi connectivity index (χ4n) is 3.52. The maximum Gasteiger partial charge on any atom is 0.259 e. The molecule has 26 heavy (non-hydrogen) atoms. The third-order valence-corrected chi connectivity index (χ3v) is 4.60. The largest absolute Gasteiger partial charge is 0.398 e. The van der Waals surface area contributed by atoms with Gasteiger partial charge in [0, 0.05) is 23.4 Å². The van der Waals surface area contributed by atoms with Crippen LogP contribution in [0.3, 0.4) is 0 Å². The number of amides is 3. The Morgan fingerprint density at radius 3 is 2.58 bits per heavy atom. The summed E-state index contributed by atoms with van der Waals surface area (Å²) in [5, 5.41) is 13.4. The monoisotopic (exact) mass is 350 g/mol. The first-order valence-corrected chi connectivity index (χ1v) is 8.65. The molecule has 4 rings (SSSR count). The second kappa shape index (κ2) is 6.92. The van der Waals surface area contributed by atoms with E-state index < -0.39 is 18.0 Å². The zero-order chi connectivity index (χ0) is 19.0. The van der Waals surface area contributed by atoms with Crippen LogP contribution >= 0.6 is 0 Å². The highest BCUT2D eigenvalue weighted by atomic mass is 16.3. The topological polar surface area (TPSA) is 86.7 Å². The molecule has 0 aliphatic carbocycles. The van der Waals surface area contributed by atoms with Gasteiger partial charge >= 0.3 is 0 Å². The van der Waals surface area contributed by atoms with Gasteiger partial charge in [0.15, 0.2) is 0 Å². The Morgan fingerprint density at radius 1 is 1.19 bits per heavy atom. The van der Waals surface area contributed by atoms with Gasteiger partial charge in [0.1, 0.15) is 13.9 Å². The number of carbonyl (C=O) groups is 3. The van der Waals surface area contributed by atoms with Crippen molar-refractivity contribution in [2.24, 2.45) is 0 Å². The van der Waals surface area contributed by atoms with Crippen LogP contribution in [0.2, 0.25) is 0 Å². The zero-order valence-corrected chi connectivity index (χ0v) is 14.7. The summed E-state index contributed by atoms with van der Waals surface area (Å²) < 4.78 is 0. The number of benzene rings is 2. The highest BCUT2D eigenvalue weighted by Gasteiger charge is 2.40. The molecule has 1 saturated heterocycles. The van der Waals surface area contributed by atoms with E-state index in [1.807, 2.05) is 13.8 Å². The minimum Gasteiger partial charge on any atom is -0.398 e. The van der Waals surface area contributed by atoms with Gasteiger partial charge in [-0.25, -0.2) is 0 Å². The Morgan fingerprint density at radius 2 is 1.92 bits per heavy atom. The van der Waals surface area contributed by atoms with E-state index in [2.05, 4.69) is 5.32 Å². The van der Waals surface area contributed by atoms with Gasteiger partial charge in [0.25, 0.3) is 5.91 Å². The lowest BCUT2D eigenvalue weighted by molar-refractivity contribution is -0.134. The number of hydrogen-bond acceptors (Lipinski definition) is 4. The quantitative estimate of drug-likeness (QED) is 0.639. The Hall–Kier alpha value is -2.67. The number of nitrogens with zero attached hydrogens (tertiary/aromatic N) is 1.